The smallest absolute Gasteiger partial charge is 0.0463 e. The molecule has 18 heavy (non-hydrogen) atoms. The van der Waals surface area contributed by atoms with Crippen LogP contribution in [-0.2, 0) is 0 Å². The largest absolute Gasteiger partial charge is 0.398 e. The third-order valence-electron chi connectivity index (χ3n) is 3.67. The molecule has 3 rings (SSSR count). The lowest BCUT2D eigenvalue weighted by molar-refractivity contribution is 0.313. The van der Waals surface area contributed by atoms with Crippen LogP contribution in [0.5, 0.6) is 0 Å². The number of aromatic nitrogens is 1. The van der Waals surface area contributed by atoms with Gasteiger partial charge >= 0.3 is 0 Å². The maximum atomic E-state index is 6.02. The summed E-state index contributed by atoms with van der Waals surface area (Å²) in [6.07, 6.45) is 3.71. The minimum absolute atomic E-state index is 0.824. The summed E-state index contributed by atoms with van der Waals surface area (Å²) in [5, 5.41) is 2.25. The highest BCUT2D eigenvalue weighted by Crippen LogP contribution is 2.30. The Labute approximate surface area is 107 Å². The Bertz CT molecular complexity index is 559. The molecule has 0 saturated carbocycles. The molecular weight excluding hydrogens is 224 g/mol. The highest BCUT2D eigenvalue weighted by molar-refractivity contribution is 6.00. The molecule has 1 aromatic carbocycles. The van der Waals surface area contributed by atoms with E-state index in [1.165, 1.54) is 5.69 Å². The Kier molecular flexibility index (Phi) is 2.80. The minimum atomic E-state index is 0.824. The van der Waals surface area contributed by atoms with Crippen molar-refractivity contribution in [3.63, 3.8) is 0 Å². The third kappa shape index (κ3) is 1.88. The van der Waals surface area contributed by atoms with Crippen molar-refractivity contribution in [2.24, 2.45) is 0 Å². The van der Waals surface area contributed by atoms with Crippen molar-refractivity contribution in [3.05, 3.63) is 30.6 Å². The van der Waals surface area contributed by atoms with Gasteiger partial charge in [0.15, 0.2) is 0 Å². The van der Waals surface area contributed by atoms with Crippen LogP contribution in [0.4, 0.5) is 11.4 Å². The van der Waals surface area contributed by atoms with Gasteiger partial charge < -0.3 is 15.5 Å². The molecule has 0 amide bonds. The Balaban J connectivity index is 2.04. The van der Waals surface area contributed by atoms with E-state index in [0.29, 0.717) is 0 Å². The van der Waals surface area contributed by atoms with Crippen LogP contribution in [0.2, 0.25) is 0 Å². The SMILES string of the molecule is CN1CCN(c2ccc(N)c3ccncc23)CC1. The van der Waals surface area contributed by atoms with Crippen molar-refractivity contribution in [2.75, 3.05) is 43.9 Å². The van der Waals surface area contributed by atoms with Gasteiger partial charge in [0.2, 0.25) is 0 Å². The number of nitrogens with zero attached hydrogens (tertiary/aromatic N) is 3. The van der Waals surface area contributed by atoms with E-state index in [4.69, 9.17) is 5.73 Å². The van der Waals surface area contributed by atoms with Crippen molar-refractivity contribution >= 4 is 22.1 Å². The molecule has 1 saturated heterocycles. The molecule has 0 bridgehead atoms. The van der Waals surface area contributed by atoms with Crippen LogP contribution >= 0.6 is 0 Å². The van der Waals surface area contributed by atoms with Gasteiger partial charge in [-0.15, -0.1) is 0 Å². The van der Waals surface area contributed by atoms with Crippen LogP contribution in [0.1, 0.15) is 0 Å². The number of piperazine rings is 1. The average molecular weight is 242 g/mol. The number of nitrogen functional groups attached to an aromatic ring is 1. The second-order valence-electron chi connectivity index (χ2n) is 4.89. The standard InChI is InChI=1S/C14H18N4/c1-17-6-8-18(9-7-17)14-3-2-13(15)11-4-5-16-10-12(11)14/h2-5,10H,6-9,15H2,1H3. The van der Waals surface area contributed by atoms with E-state index in [1.54, 1.807) is 6.20 Å². The van der Waals surface area contributed by atoms with Gasteiger partial charge in [0.1, 0.15) is 0 Å². The molecule has 1 aromatic heterocycles. The predicted molar refractivity (Wildman–Crippen MR) is 75.9 cm³/mol. The Morgan fingerprint density at radius 2 is 1.83 bits per heavy atom. The van der Waals surface area contributed by atoms with E-state index >= 15 is 0 Å². The zero-order chi connectivity index (χ0) is 12.5. The quantitative estimate of drug-likeness (QED) is 0.771. The normalized spacial score (nSPS) is 17.3. The Morgan fingerprint density at radius 1 is 1.06 bits per heavy atom. The lowest BCUT2D eigenvalue weighted by atomic mass is 10.1. The minimum Gasteiger partial charge on any atom is -0.398 e. The van der Waals surface area contributed by atoms with Crippen molar-refractivity contribution < 1.29 is 0 Å². The van der Waals surface area contributed by atoms with Crippen molar-refractivity contribution in [3.8, 4) is 0 Å². The molecule has 0 aliphatic carbocycles. The number of likely N-dealkylation sites (N-methyl/N-ethyl adjacent to an activating group) is 1. The van der Waals surface area contributed by atoms with Crippen molar-refractivity contribution in [1.29, 1.82) is 0 Å². The van der Waals surface area contributed by atoms with E-state index in [1.807, 2.05) is 18.3 Å². The van der Waals surface area contributed by atoms with Crippen molar-refractivity contribution in [1.82, 2.24) is 9.88 Å². The molecule has 1 fully saturated rings. The molecule has 4 nitrogen and oxygen atoms in total. The van der Waals surface area contributed by atoms with Crippen LogP contribution in [0, 0.1) is 0 Å². The number of hydrogen-bond acceptors (Lipinski definition) is 4. The van der Waals surface area contributed by atoms with Gasteiger partial charge in [-0.3, -0.25) is 4.98 Å². The number of nitrogens with two attached hydrogens (primary N) is 1. The molecule has 2 heterocycles. The molecule has 1 aliphatic rings. The number of rotatable bonds is 1. The first-order valence-electron chi connectivity index (χ1n) is 6.31. The zero-order valence-electron chi connectivity index (χ0n) is 10.6. The van der Waals surface area contributed by atoms with Gasteiger partial charge in [-0.2, -0.15) is 0 Å². The van der Waals surface area contributed by atoms with Gasteiger partial charge in [0.05, 0.1) is 0 Å². The van der Waals surface area contributed by atoms with Crippen molar-refractivity contribution in [2.45, 2.75) is 0 Å². The fraction of sp³-hybridized carbons (Fsp3) is 0.357. The van der Waals surface area contributed by atoms with Gasteiger partial charge in [0, 0.05) is 60.7 Å². The molecule has 4 heteroatoms. The molecule has 0 atom stereocenters. The summed E-state index contributed by atoms with van der Waals surface area (Å²) in [5.41, 5.74) is 8.10. The summed E-state index contributed by atoms with van der Waals surface area (Å²) >= 11 is 0. The molecule has 94 valence electrons. The average Bonchev–Trinajstić information content (AvgIpc) is 2.41. The first kappa shape index (κ1) is 11.3. The summed E-state index contributed by atoms with van der Waals surface area (Å²) in [4.78, 5) is 9.01. The Hall–Kier alpha value is -1.81. The maximum absolute atomic E-state index is 6.02. The van der Waals surface area contributed by atoms with Crippen LogP contribution in [0.15, 0.2) is 30.6 Å². The van der Waals surface area contributed by atoms with Crippen LogP contribution in [0.3, 0.4) is 0 Å². The summed E-state index contributed by atoms with van der Waals surface area (Å²) in [6.45, 7) is 4.33. The Morgan fingerprint density at radius 3 is 2.61 bits per heavy atom. The van der Waals surface area contributed by atoms with Gasteiger partial charge in [-0.05, 0) is 25.2 Å². The predicted octanol–water partition coefficient (Wildman–Crippen LogP) is 1.57. The molecule has 0 unspecified atom stereocenters. The first-order valence-corrected chi connectivity index (χ1v) is 6.31. The van der Waals surface area contributed by atoms with E-state index in [9.17, 15) is 0 Å². The van der Waals surface area contributed by atoms with E-state index in [-0.39, 0.29) is 0 Å². The van der Waals surface area contributed by atoms with Crippen LogP contribution in [0.25, 0.3) is 10.8 Å². The van der Waals surface area contributed by atoms with E-state index in [0.717, 1.165) is 42.6 Å². The first-order chi connectivity index (χ1) is 8.75. The zero-order valence-corrected chi connectivity index (χ0v) is 10.6. The summed E-state index contributed by atoms with van der Waals surface area (Å²) in [5.74, 6) is 0. The van der Waals surface area contributed by atoms with E-state index in [2.05, 4.69) is 27.9 Å². The second-order valence-corrected chi connectivity index (χ2v) is 4.89. The van der Waals surface area contributed by atoms with Gasteiger partial charge in [0.25, 0.3) is 0 Å². The number of fused-ring (bicyclic) bond motifs is 1. The molecule has 0 radical (unpaired) electrons. The number of hydrogen-bond donors (Lipinski definition) is 1. The van der Waals surface area contributed by atoms with Gasteiger partial charge in [-0.1, -0.05) is 0 Å². The molecule has 2 N–H and O–H groups in total. The number of pyridine rings is 1. The fourth-order valence-electron chi connectivity index (χ4n) is 2.52. The summed E-state index contributed by atoms with van der Waals surface area (Å²) in [7, 11) is 2.17. The molecular formula is C14H18N4. The molecule has 0 spiro atoms. The number of benzene rings is 1. The fourth-order valence-corrected chi connectivity index (χ4v) is 2.52. The molecule has 1 aliphatic heterocycles. The number of anilines is 2. The summed E-state index contributed by atoms with van der Waals surface area (Å²) in [6, 6.07) is 6.10. The highest BCUT2D eigenvalue weighted by atomic mass is 15.2. The highest BCUT2D eigenvalue weighted by Gasteiger charge is 2.16. The third-order valence-corrected chi connectivity index (χ3v) is 3.67. The summed E-state index contributed by atoms with van der Waals surface area (Å²) < 4.78 is 0. The van der Waals surface area contributed by atoms with Crippen LogP contribution < -0.4 is 10.6 Å². The molecule has 2 aromatic rings. The maximum Gasteiger partial charge on any atom is 0.0463 e. The lowest BCUT2D eigenvalue weighted by Gasteiger charge is -2.34. The second kappa shape index (κ2) is 4.46. The van der Waals surface area contributed by atoms with E-state index < -0.39 is 0 Å². The van der Waals surface area contributed by atoms with Crippen LogP contribution in [-0.4, -0.2) is 43.1 Å². The monoisotopic (exact) mass is 242 g/mol. The lowest BCUT2D eigenvalue weighted by Crippen LogP contribution is -2.44. The van der Waals surface area contributed by atoms with Gasteiger partial charge in [-0.25, -0.2) is 0 Å². The topological polar surface area (TPSA) is 45.4 Å².